The Morgan fingerprint density at radius 3 is 2.37 bits per heavy atom. The highest BCUT2D eigenvalue weighted by Gasteiger charge is 2.11. The van der Waals surface area contributed by atoms with Crippen molar-refractivity contribution in [2.75, 3.05) is 20.3 Å². The first-order valence-electron chi connectivity index (χ1n) is 9.13. The molecule has 0 atom stereocenters. The first-order chi connectivity index (χ1) is 14.5. The maximum Gasteiger partial charge on any atom is 0.329 e. The van der Waals surface area contributed by atoms with Crippen molar-refractivity contribution in [2.45, 2.75) is 13.0 Å². The van der Waals surface area contributed by atoms with Crippen molar-refractivity contribution in [3.63, 3.8) is 0 Å². The van der Waals surface area contributed by atoms with E-state index in [-0.39, 0.29) is 12.2 Å². The van der Waals surface area contributed by atoms with E-state index in [1.165, 1.54) is 18.3 Å². The van der Waals surface area contributed by atoms with E-state index in [0.717, 1.165) is 5.56 Å². The molecule has 0 fully saturated rings. The van der Waals surface area contributed by atoms with Crippen molar-refractivity contribution >= 4 is 24.0 Å². The number of benzene rings is 2. The zero-order chi connectivity index (χ0) is 21.8. The highest BCUT2D eigenvalue weighted by atomic mass is 16.5. The molecule has 0 aliphatic heterocycles. The van der Waals surface area contributed by atoms with Crippen LogP contribution in [0.4, 0.5) is 0 Å². The number of hydrazone groups is 1. The molecule has 0 unspecified atom stereocenters. The maximum atomic E-state index is 11.6. The minimum atomic E-state index is -1.22. The van der Waals surface area contributed by atoms with Gasteiger partial charge in [-0.3, -0.25) is 9.59 Å². The second kappa shape index (κ2) is 12.0. The van der Waals surface area contributed by atoms with E-state index in [9.17, 15) is 19.5 Å². The number of hydrogen-bond acceptors (Lipinski definition) is 7. The zero-order valence-corrected chi connectivity index (χ0v) is 16.4. The Morgan fingerprint density at radius 1 is 1.03 bits per heavy atom. The first-order valence-corrected chi connectivity index (χ1v) is 9.13. The van der Waals surface area contributed by atoms with Gasteiger partial charge in [-0.25, -0.2) is 5.43 Å². The summed E-state index contributed by atoms with van der Waals surface area (Å²) in [7, 11) is 1.56. The molecule has 0 radical (unpaired) electrons. The number of rotatable bonds is 10. The summed E-state index contributed by atoms with van der Waals surface area (Å²) in [6.45, 7) is 1.11. The Kier molecular flexibility index (Phi) is 9.01. The Labute approximate surface area is 173 Å². The van der Waals surface area contributed by atoms with Crippen LogP contribution in [0.1, 0.15) is 27.9 Å². The quantitative estimate of drug-likeness (QED) is 0.249. The molecule has 2 amide bonds. The molecule has 0 aromatic heterocycles. The van der Waals surface area contributed by atoms with Crippen molar-refractivity contribution in [3.8, 4) is 5.75 Å². The Bertz CT molecular complexity index is 879. The molecule has 0 aliphatic carbocycles. The van der Waals surface area contributed by atoms with E-state index in [2.05, 4.69) is 15.8 Å². The minimum Gasteiger partial charge on any atom is -0.545 e. The van der Waals surface area contributed by atoms with Crippen molar-refractivity contribution in [1.82, 2.24) is 10.7 Å². The third-order valence-electron chi connectivity index (χ3n) is 3.87. The molecule has 30 heavy (non-hydrogen) atoms. The number of carbonyl (C=O) groups is 3. The normalized spacial score (nSPS) is 10.6. The van der Waals surface area contributed by atoms with Crippen LogP contribution < -0.4 is 20.6 Å². The number of carboxylic acid groups (broad SMARTS) is 1. The fourth-order valence-electron chi connectivity index (χ4n) is 2.27. The summed E-state index contributed by atoms with van der Waals surface area (Å²) in [5.41, 5.74) is 3.77. The van der Waals surface area contributed by atoms with Crippen LogP contribution in [-0.4, -0.2) is 44.3 Å². The molecule has 0 aliphatic rings. The molecule has 2 aromatic carbocycles. The molecule has 0 heterocycles. The van der Waals surface area contributed by atoms with Crippen LogP contribution in [0.25, 0.3) is 0 Å². The lowest BCUT2D eigenvalue weighted by Gasteiger charge is -2.08. The zero-order valence-electron chi connectivity index (χ0n) is 16.4. The molecule has 158 valence electrons. The third-order valence-corrected chi connectivity index (χ3v) is 3.87. The molecular formula is C21H22N3O6-. The van der Waals surface area contributed by atoms with Gasteiger partial charge in [-0.15, -0.1) is 0 Å². The molecule has 2 aromatic rings. The van der Waals surface area contributed by atoms with Gasteiger partial charge in [-0.2, -0.15) is 5.10 Å². The van der Waals surface area contributed by atoms with E-state index < -0.39 is 17.8 Å². The second-order valence-electron chi connectivity index (χ2n) is 6.14. The van der Waals surface area contributed by atoms with Crippen molar-refractivity contribution < 1.29 is 29.0 Å². The molecule has 0 spiro atoms. The summed E-state index contributed by atoms with van der Waals surface area (Å²) < 4.78 is 10.5. The topological polar surface area (TPSA) is 129 Å². The largest absolute Gasteiger partial charge is 0.545 e. The van der Waals surface area contributed by atoms with Gasteiger partial charge in [-0.05, 0) is 47.4 Å². The van der Waals surface area contributed by atoms with Crippen molar-refractivity contribution in [1.29, 1.82) is 0 Å². The molecule has 0 saturated heterocycles. The smallest absolute Gasteiger partial charge is 0.329 e. The second-order valence-corrected chi connectivity index (χ2v) is 6.14. The van der Waals surface area contributed by atoms with E-state index >= 15 is 0 Å². The number of nitrogens with zero attached hydrogens (tertiary/aromatic N) is 1. The molecule has 0 bridgehead atoms. The molecule has 9 heteroatoms. The van der Waals surface area contributed by atoms with E-state index in [1.807, 2.05) is 0 Å². The number of nitrogens with one attached hydrogen (secondary N) is 2. The maximum absolute atomic E-state index is 11.6. The number of hydrogen-bond donors (Lipinski definition) is 2. The SMILES string of the molecule is COCCCNC(=O)C(=O)N/N=C\c1ccc(OCc2ccc(C(=O)[O-])cc2)cc1. The van der Waals surface area contributed by atoms with Gasteiger partial charge in [0.15, 0.2) is 0 Å². The van der Waals surface area contributed by atoms with Crippen molar-refractivity contribution in [3.05, 3.63) is 65.2 Å². The molecule has 0 saturated carbocycles. The van der Waals surface area contributed by atoms with Gasteiger partial charge in [0.2, 0.25) is 0 Å². The number of aromatic carboxylic acids is 1. The van der Waals surface area contributed by atoms with Crippen LogP contribution in [0.15, 0.2) is 53.6 Å². The standard InChI is InChI=1S/C21H23N3O6/c1-29-12-2-11-22-19(25)20(26)24-23-13-15-5-9-18(10-6-15)30-14-16-3-7-17(8-4-16)21(27)28/h3-10,13H,2,11-12,14H2,1H3,(H,22,25)(H,24,26)(H,27,28)/p-1/b23-13-. The minimum absolute atomic E-state index is 0.109. The van der Waals surface area contributed by atoms with Crippen LogP contribution in [0.5, 0.6) is 5.75 Å². The summed E-state index contributed by atoms with van der Waals surface area (Å²) in [6.07, 6.45) is 2.01. The molecular weight excluding hydrogens is 390 g/mol. The fraction of sp³-hybridized carbons (Fsp3) is 0.238. The van der Waals surface area contributed by atoms with Gasteiger partial charge in [-0.1, -0.05) is 24.3 Å². The Hall–Kier alpha value is -3.72. The highest BCUT2D eigenvalue weighted by molar-refractivity contribution is 6.35. The fourth-order valence-corrected chi connectivity index (χ4v) is 2.27. The molecule has 2 N–H and O–H groups in total. The van der Waals surface area contributed by atoms with Gasteiger partial charge in [0.1, 0.15) is 12.4 Å². The van der Waals surface area contributed by atoms with E-state index in [0.29, 0.717) is 30.9 Å². The lowest BCUT2D eigenvalue weighted by Crippen LogP contribution is -2.38. The van der Waals surface area contributed by atoms with Gasteiger partial charge < -0.3 is 24.7 Å². The van der Waals surface area contributed by atoms with Crippen LogP contribution >= 0.6 is 0 Å². The monoisotopic (exact) mass is 412 g/mol. The van der Waals surface area contributed by atoms with Gasteiger partial charge in [0.25, 0.3) is 0 Å². The summed E-state index contributed by atoms with van der Waals surface area (Å²) in [5.74, 6) is -2.23. The Morgan fingerprint density at radius 2 is 1.73 bits per heavy atom. The predicted octanol–water partition coefficient (Wildman–Crippen LogP) is 0.232. The number of amides is 2. The highest BCUT2D eigenvalue weighted by Crippen LogP contribution is 2.14. The summed E-state index contributed by atoms with van der Waals surface area (Å²) >= 11 is 0. The summed E-state index contributed by atoms with van der Waals surface area (Å²) in [4.78, 5) is 33.9. The molecule has 2 rings (SSSR count). The summed E-state index contributed by atoms with van der Waals surface area (Å²) in [5, 5.41) is 16.9. The number of carboxylic acids is 1. The Balaban J connectivity index is 1.76. The summed E-state index contributed by atoms with van der Waals surface area (Å²) in [6, 6.07) is 13.1. The van der Waals surface area contributed by atoms with Crippen LogP contribution in [0, 0.1) is 0 Å². The van der Waals surface area contributed by atoms with Crippen molar-refractivity contribution in [2.24, 2.45) is 5.10 Å². The lowest BCUT2D eigenvalue weighted by atomic mass is 10.1. The average Bonchev–Trinajstić information content (AvgIpc) is 2.76. The van der Waals surface area contributed by atoms with Gasteiger partial charge in [0.05, 0.1) is 12.2 Å². The van der Waals surface area contributed by atoms with Crippen LogP contribution in [-0.2, 0) is 20.9 Å². The predicted molar refractivity (Wildman–Crippen MR) is 107 cm³/mol. The van der Waals surface area contributed by atoms with Crippen LogP contribution in [0.2, 0.25) is 0 Å². The number of ether oxygens (including phenoxy) is 2. The van der Waals surface area contributed by atoms with E-state index in [1.54, 1.807) is 43.5 Å². The lowest BCUT2D eigenvalue weighted by molar-refractivity contribution is -0.255. The molecule has 9 nitrogen and oxygen atoms in total. The number of carbonyl (C=O) groups excluding carboxylic acids is 3. The average molecular weight is 412 g/mol. The third kappa shape index (κ3) is 7.72. The first kappa shape index (κ1) is 22.6. The van der Waals surface area contributed by atoms with Gasteiger partial charge in [0, 0.05) is 20.3 Å². The van der Waals surface area contributed by atoms with Crippen LogP contribution in [0.3, 0.4) is 0 Å². The number of methoxy groups -OCH3 is 1. The van der Waals surface area contributed by atoms with Gasteiger partial charge >= 0.3 is 11.8 Å². The van der Waals surface area contributed by atoms with E-state index in [4.69, 9.17) is 9.47 Å².